The molecule has 0 saturated heterocycles. The molecule has 2 rings (SSSR count). The van der Waals surface area contributed by atoms with Gasteiger partial charge in [-0.1, -0.05) is 31.5 Å². The van der Waals surface area contributed by atoms with Crippen molar-refractivity contribution in [1.29, 1.82) is 0 Å². The number of carbonyl (C=O) groups is 1. The van der Waals surface area contributed by atoms with Crippen molar-refractivity contribution in [3.05, 3.63) is 29.8 Å². The van der Waals surface area contributed by atoms with E-state index in [9.17, 15) is 28.2 Å². The van der Waals surface area contributed by atoms with Gasteiger partial charge in [-0.15, -0.1) is 0 Å². The van der Waals surface area contributed by atoms with Crippen molar-refractivity contribution in [2.24, 2.45) is 5.10 Å². The Kier molecular flexibility index (Phi) is 5.17. The number of carbonyl (C=O) groups excluding carboxylic acids is 1. The highest BCUT2D eigenvalue weighted by Gasteiger charge is 2.62. The van der Waals surface area contributed by atoms with Crippen LogP contribution in [0.1, 0.15) is 38.2 Å². The van der Waals surface area contributed by atoms with Crippen LogP contribution in [0.5, 0.6) is 5.75 Å². The Morgan fingerprint density at radius 3 is 2.58 bits per heavy atom. The van der Waals surface area contributed by atoms with Crippen molar-refractivity contribution in [3.63, 3.8) is 0 Å². The molecule has 0 unspecified atom stereocenters. The summed E-state index contributed by atoms with van der Waals surface area (Å²) in [5, 5.41) is 23.5. The van der Waals surface area contributed by atoms with E-state index in [4.69, 9.17) is 0 Å². The number of hydrogen-bond acceptors (Lipinski definition) is 4. The summed E-state index contributed by atoms with van der Waals surface area (Å²) in [6, 6.07) is 6.26. The molecule has 24 heavy (non-hydrogen) atoms. The van der Waals surface area contributed by atoms with Crippen LogP contribution in [0.3, 0.4) is 0 Å². The molecule has 0 fully saturated rings. The molecular formula is C16H19F3N2O3. The van der Waals surface area contributed by atoms with E-state index in [0.717, 1.165) is 0 Å². The quantitative estimate of drug-likeness (QED) is 0.862. The van der Waals surface area contributed by atoms with Gasteiger partial charge >= 0.3 is 6.18 Å². The molecule has 2 N–H and O–H groups in total. The Balaban J connectivity index is 2.16. The maximum atomic E-state index is 13.2. The van der Waals surface area contributed by atoms with Crippen LogP contribution in [0.25, 0.3) is 0 Å². The van der Waals surface area contributed by atoms with Crippen LogP contribution >= 0.6 is 0 Å². The number of aromatic hydroxyl groups is 1. The first-order chi connectivity index (χ1) is 11.2. The summed E-state index contributed by atoms with van der Waals surface area (Å²) in [6.45, 7) is 1.78. The van der Waals surface area contributed by atoms with Crippen LogP contribution in [0.15, 0.2) is 29.4 Å². The van der Waals surface area contributed by atoms with Gasteiger partial charge in [0.15, 0.2) is 0 Å². The molecule has 1 aliphatic heterocycles. The van der Waals surface area contributed by atoms with Crippen molar-refractivity contribution in [2.45, 2.75) is 50.9 Å². The molecule has 132 valence electrons. The minimum Gasteiger partial charge on any atom is -0.508 e. The van der Waals surface area contributed by atoms with Gasteiger partial charge in [0.05, 0.1) is 0 Å². The molecule has 0 saturated carbocycles. The molecule has 1 aromatic carbocycles. The van der Waals surface area contributed by atoms with Gasteiger partial charge in [0.1, 0.15) is 5.75 Å². The molecule has 1 aliphatic rings. The highest BCUT2D eigenvalue weighted by Crippen LogP contribution is 2.41. The van der Waals surface area contributed by atoms with Gasteiger partial charge in [0.2, 0.25) is 5.91 Å². The second-order valence-electron chi connectivity index (χ2n) is 5.74. The van der Waals surface area contributed by atoms with E-state index < -0.39 is 24.2 Å². The molecule has 0 aliphatic carbocycles. The predicted molar refractivity (Wildman–Crippen MR) is 81.2 cm³/mol. The number of amides is 1. The summed E-state index contributed by atoms with van der Waals surface area (Å²) >= 11 is 0. The first-order valence-electron chi connectivity index (χ1n) is 7.64. The number of benzene rings is 1. The number of aryl methyl sites for hydroxylation is 1. The SMILES string of the molecule is CCCC1=NN(C(=O)CCc2ccccc2O)[C@](O)(C(F)(F)F)C1. The number of phenolic OH excluding ortho intramolecular Hbond substituents is 1. The fraction of sp³-hybridized carbons (Fsp3) is 0.500. The van der Waals surface area contributed by atoms with Crippen LogP contribution in [0.4, 0.5) is 13.2 Å². The number of phenols is 1. The van der Waals surface area contributed by atoms with E-state index in [1.54, 1.807) is 25.1 Å². The monoisotopic (exact) mass is 344 g/mol. The lowest BCUT2D eigenvalue weighted by molar-refractivity contribution is -0.302. The standard InChI is InChI=1S/C16H19F3N2O3/c1-2-5-12-10-15(24,16(17,18)19)21(20-12)14(23)9-8-11-6-3-4-7-13(11)22/h3-4,6-7,22,24H,2,5,8-10H2,1H3/t15-/m1/s1. The van der Waals surface area contributed by atoms with Gasteiger partial charge in [0, 0.05) is 18.6 Å². The number of hydrogen-bond donors (Lipinski definition) is 2. The van der Waals surface area contributed by atoms with E-state index in [1.165, 1.54) is 6.07 Å². The zero-order valence-corrected chi connectivity index (χ0v) is 13.2. The fourth-order valence-corrected chi connectivity index (χ4v) is 2.60. The van der Waals surface area contributed by atoms with Crippen LogP contribution < -0.4 is 0 Å². The van der Waals surface area contributed by atoms with Crippen LogP contribution in [-0.4, -0.2) is 38.7 Å². The van der Waals surface area contributed by atoms with Crippen LogP contribution in [-0.2, 0) is 11.2 Å². The number of rotatable bonds is 5. The average molecular weight is 344 g/mol. The molecule has 0 radical (unpaired) electrons. The van der Waals surface area contributed by atoms with Crippen LogP contribution in [0, 0.1) is 0 Å². The minimum absolute atomic E-state index is 0.0343. The van der Waals surface area contributed by atoms with Crippen LogP contribution in [0.2, 0.25) is 0 Å². The molecule has 5 nitrogen and oxygen atoms in total. The van der Waals surface area contributed by atoms with Gasteiger partial charge < -0.3 is 10.2 Å². The second kappa shape index (κ2) is 6.80. The van der Waals surface area contributed by atoms with Gasteiger partial charge in [-0.25, -0.2) is 0 Å². The Morgan fingerprint density at radius 1 is 1.33 bits per heavy atom. The third kappa shape index (κ3) is 3.53. The summed E-state index contributed by atoms with van der Waals surface area (Å²) in [7, 11) is 0. The number of aliphatic hydroxyl groups is 1. The predicted octanol–water partition coefficient (Wildman–Crippen LogP) is 2.96. The topological polar surface area (TPSA) is 73.1 Å². The number of hydrazone groups is 1. The molecule has 1 heterocycles. The third-order valence-corrected chi connectivity index (χ3v) is 3.87. The Morgan fingerprint density at radius 2 is 2.00 bits per heavy atom. The molecule has 1 atom stereocenters. The summed E-state index contributed by atoms with van der Waals surface area (Å²) < 4.78 is 39.7. The van der Waals surface area contributed by atoms with E-state index in [1.807, 2.05) is 0 Å². The molecular weight excluding hydrogens is 325 g/mol. The molecule has 8 heteroatoms. The van der Waals surface area contributed by atoms with E-state index in [0.29, 0.717) is 12.0 Å². The van der Waals surface area contributed by atoms with Crippen molar-refractivity contribution in [3.8, 4) is 5.75 Å². The maximum absolute atomic E-state index is 13.2. The average Bonchev–Trinajstić information content (AvgIpc) is 2.84. The summed E-state index contributed by atoms with van der Waals surface area (Å²) in [5.74, 6) is -0.975. The summed E-state index contributed by atoms with van der Waals surface area (Å²) in [4.78, 5) is 12.2. The first kappa shape index (κ1) is 18.3. The Hall–Kier alpha value is -2.09. The highest BCUT2D eigenvalue weighted by atomic mass is 19.4. The normalized spacial score (nSPS) is 21.0. The number of para-hydroxylation sites is 1. The molecule has 0 aromatic heterocycles. The van der Waals surface area contributed by atoms with Gasteiger partial charge in [0.25, 0.3) is 5.72 Å². The van der Waals surface area contributed by atoms with Crippen molar-refractivity contribution in [1.82, 2.24) is 5.01 Å². The van der Waals surface area contributed by atoms with E-state index in [2.05, 4.69) is 5.10 Å². The number of alkyl halides is 3. The van der Waals surface area contributed by atoms with Crippen molar-refractivity contribution >= 4 is 11.6 Å². The smallest absolute Gasteiger partial charge is 0.438 e. The lowest BCUT2D eigenvalue weighted by Gasteiger charge is -2.32. The number of nitrogens with zero attached hydrogens (tertiary/aromatic N) is 2. The Bertz CT molecular complexity index is 646. The van der Waals surface area contributed by atoms with E-state index in [-0.39, 0.29) is 35.7 Å². The van der Waals surface area contributed by atoms with Gasteiger partial charge in [-0.2, -0.15) is 23.3 Å². The molecule has 0 spiro atoms. The van der Waals surface area contributed by atoms with Gasteiger partial charge in [-0.05, 0) is 24.5 Å². The zero-order chi connectivity index (χ0) is 18.0. The van der Waals surface area contributed by atoms with E-state index >= 15 is 0 Å². The molecule has 1 aromatic rings. The summed E-state index contributed by atoms with van der Waals surface area (Å²) in [5.41, 5.74) is -2.71. The Labute approximate surface area is 137 Å². The maximum Gasteiger partial charge on any atom is 0.438 e. The third-order valence-electron chi connectivity index (χ3n) is 3.87. The largest absolute Gasteiger partial charge is 0.508 e. The minimum atomic E-state index is -5.00. The number of halogens is 3. The molecule has 1 amide bonds. The lowest BCUT2D eigenvalue weighted by atomic mass is 10.0. The lowest BCUT2D eigenvalue weighted by Crippen LogP contribution is -2.56. The highest BCUT2D eigenvalue weighted by molar-refractivity contribution is 5.90. The second-order valence-corrected chi connectivity index (χ2v) is 5.74. The fourth-order valence-electron chi connectivity index (χ4n) is 2.60. The van der Waals surface area contributed by atoms with Crippen molar-refractivity contribution < 1.29 is 28.2 Å². The van der Waals surface area contributed by atoms with Crippen molar-refractivity contribution in [2.75, 3.05) is 0 Å². The first-order valence-corrected chi connectivity index (χ1v) is 7.64. The zero-order valence-electron chi connectivity index (χ0n) is 13.2. The van der Waals surface area contributed by atoms with Gasteiger partial charge in [-0.3, -0.25) is 4.79 Å². The summed E-state index contributed by atoms with van der Waals surface area (Å²) in [6.07, 6.45) is -5.15. The molecule has 0 bridgehead atoms.